The third-order valence-electron chi connectivity index (χ3n) is 2.58. The summed E-state index contributed by atoms with van der Waals surface area (Å²) in [6.45, 7) is 7.63. The van der Waals surface area contributed by atoms with Gasteiger partial charge in [0.25, 0.3) is 0 Å². The summed E-state index contributed by atoms with van der Waals surface area (Å²) in [6, 6.07) is 0. The Morgan fingerprint density at radius 3 is 2.83 bits per heavy atom. The number of aldehydes is 1. The number of hydrogen-bond donors (Lipinski definition) is 0. The molecule has 0 N–H and O–H groups in total. The molecule has 0 aromatic heterocycles. The summed E-state index contributed by atoms with van der Waals surface area (Å²) in [5.74, 6) is 0.00627. The SMILES string of the molecule is C=C[C@]1(C)CC[C@H]([C@@H](C)C=O)O1. The van der Waals surface area contributed by atoms with Gasteiger partial charge in [0.05, 0.1) is 11.7 Å². The molecule has 3 atom stereocenters. The van der Waals surface area contributed by atoms with Crippen molar-refractivity contribution in [3.8, 4) is 0 Å². The van der Waals surface area contributed by atoms with Gasteiger partial charge in [0.2, 0.25) is 0 Å². The Hall–Kier alpha value is -0.630. The smallest absolute Gasteiger partial charge is 0.125 e. The third-order valence-corrected chi connectivity index (χ3v) is 2.58. The monoisotopic (exact) mass is 168 g/mol. The first-order valence-corrected chi connectivity index (χ1v) is 4.38. The minimum absolute atomic E-state index is 0.00627. The molecule has 12 heavy (non-hydrogen) atoms. The predicted molar refractivity (Wildman–Crippen MR) is 47.9 cm³/mol. The molecule has 2 nitrogen and oxygen atoms in total. The molecule has 2 heteroatoms. The average molecular weight is 168 g/mol. The van der Waals surface area contributed by atoms with E-state index in [4.69, 9.17) is 4.74 Å². The van der Waals surface area contributed by atoms with Gasteiger partial charge in [0.1, 0.15) is 6.29 Å². The molecule has 1 saturated heterocycles. The van der Waals surface area contributed by atoms with E-state index in [0.29, 0.717) is 0 Å². The van der Waals surface area contributed by atoms with E-state index in [-0.39, 0.29) is 17.6 Å². The molecule has 0 aromatic carbocycles. The highest BCUT2D eigenvalue weighted by molar-refractivity contribution is 5.53. The van der Waals surface area contributed by atoms with Crippen LogP contribution in [0.25, 0.3) is 0 Å². The van der Waals surface area contributed by atoms with Crippen molar-refractivity contribution in [1.29, 1.82) is 0 Å². The van der Waals surface area contributed by atoms with Gasteiger partial charge in [-0.1, -0.05) is 13.0 Å². The highest BCUT2D eigenvalue weighted by Gasteiger charge is 2.35. The molecule has 1 fully saturated rings. The summed E-state index contributed by atoms with van der Waals surface area (Å²) >= 11 is 0. The van der Waals surface area contributed by atoms with Crippen LogP contribution in [0.15, 0.2) is 12.7 Å². The highest BCUT2D eigenvalue weighted by Crippen LogP contribution is 2.33. The normalized spacial score (nSPS) is 37.7. The Labute approximate surface area is 73.6 Å². The van der Waals surface area contributed by atoms with Gasteiger partial charge in [-0.25, -0.2) is 0 Å². The molecule has 0 saturated carbocycles. The zero-order valence-electron chi connectivity index (χ0n) is 7.75. The summed E-state index contributed by atoms with van der Waals surface area (Å²) in [5.41, 5.74) is -0.206. The van der Waals surface area contributed by atoms with Crippen LogP contribution in [-0.4, -0.2) is 18.0 Å². The Bertz CT molecular complexity index is 188. The van der Waals surface area contributed by atoms with E-state index in [2.05, 4.69) is 6.58 Å². The van der Waals surface area contributed by atoms with Gasteiger partial charge in [0, 0.05) is 5.92 Å². The summed E-state index contributed by atoms with van der Waals surface area (Å²) in [4.78, 5) is 10.5. The lowest BCUT2D eigenvalue weighted by Gasteiger charge is -2.21. The fourth-order valence-corrected chi connectivity index (χ4v) is 1.50. The Morgan fingerprint density at radius 1 is 1.75 bits per heavy atom. The van der Waals surface area contributed by atoms with Gasteiger partial charge < -0.3 is 9.53 Å². The first-order chi connectivity index (χ1) is 5.61. The summed E-state index contributed by atoms with van der Waals surface area (Å²) in [6.07, 6.45) is 4.80. The molecule has 1 aliphatic heterocycles. The molecule has 0 bridgehead atoms. The van der Waals surface area contributed by atoms with Crippen LogP contribution in [0.1, 0.15) is 26.7 Å². The molecule has 0 radical (unpaired) electrons. The first-order valence-electron chi connectivity index (χ1n) is 4.38. The van der Waals surface area contributed by atoms with E-state index in [1.165, 1.54) is 0 Å². The van der Waals surface area contributed by atoms with Crippen LogP contribution < -0.4 is 0 Å². The zero-order valence-corrected chi connectivity index (χ0v) is 7.75. The average Bonchev–Trinajstić information content (AvgIpc) is 2.48. The summed E-state index contributed by atoms with van der Waals surface area (Å²) in [5, 5.41) is 0. The molecule has 1 aliphatic rings. The molecular weight excluding hydrogens is 152 g/mol. The van der Waals surface area contributed by atoms with Crippen molar-refractivity contribution < 1.29 is 9.53 Å². The zero-order chi connectivity index (χ0) is 9.19. The highest BCUT2D eigenvalue weighted by atomic mass is 16.5. The van der Waals surface area contributed by atoms with Crippen molar-refractivity contribution >= 4 is 6.29 Å². The van der Waals surface area contributed by atoms with Gasteiger partial charge in [-0.05, 0) is 19.8 Å². The van der Waals surface area contributed by atoms with E-state index in [1.54, 1.807) is 0 Å². The number of carbonyl (C=O) groups excluding carboxylic acids is 1. The van der Waals surface area contributed by atoms with Gasteiger partial charge in [-0.2, -0.15) is 0 Å². The van der Waals surface area contributed by atoms with Crippen molar-refractivity contribution in [2.45, 2.75) is 38.4 Å². The minimum atomic E-state index is -0.206. The lowest BCUT2D eigenvalue weighted by molar-refractivity contribution is -0.115. The van der Waals surface area contributed by atoms with Crippen LogP contribution in [-0.2, 0) is 9.53 Å². The second-order valence-electron chi connectivity index (χ2n) is 3.71. The van der Waals surface area contributed by atoms with Crippen molar-refractivity contribution in [1.82, 2.24) is 0 Å². The molecule has 0 spiro atoms. The van der Waals surface area contributed by atoms with Crippen molar-refractivity contribution in [3.05, 3.63) is 12.7 Å². The molecule has 0 unspecified atom stereocenters. The summed E-state index contributed by atoms with van der Waals surface area (Å²) in [7, 11) is 0. The van der Waals surface area contributed by atoms with Crippen molar-refractivity contribution in [2.75, 3.05) is 0 Å². The third kappa shape index (κ3) is 1.75. The lowest BCUT2D eigenvalue weighted by atomic mass is 10.00. The topological polar surface area (TPSA) is 26.3 Å². The Morgan fingerprint density at radius 2 is 2.42 bits per heavy atom. The van der Waals surface area contributed by atoms with Crippen molar-refractivity contribution in [2.24, 2.45) is 5.92 Å². The molecule has 1 rings (SSSR count). The van der Waals surface area contributed by atoms with Crippen LogP contribution in [0.4, 0.5) is 0 Å². The Balaban J connectivity index is 2.55. The Kier molecular flexibility index (Phi) is 2.68. The standard InChI is InChI=1S/C10H16O2/c1-4-10(3)6-5-9(12-10)8(2)7-11/h4,7-9H,1,5-6H2,2-3H3/t8-,9+,10+/m0/s1. The van der Waals surface area contributed by atoms with E-state index in [9.17, 15) is 4.79 Å². The first kappa shape index (κ1) is 9.46. The predicted octanol–water partition coefficient (Wildman–Crippen LogP) is 1.95. The van der Waals surface area contributed by atoms with Crippen LogP contribution in [0.3, 0.4) is 0 Å². The molecule has 0 aliphatic carbocycles. The number of rotatable bonds is 3. The van der Waals surface area contributed by atoms with E-state index >= 15 is 0 Å². The largest absolute Gasteiger partial charge is 0.367 e. The lowest BCUT2D eigenvalue weighted by Crippen LogP contribution is -2.25. The van der Waals surface area contributed by atoms with Crippen LogP contribution in [0.2, 0.25) is 0 Å². The van der Waals surface area contributed by atoms with Crippen LogP contribution in [0.5, 0.6) is 0 Å². The summed E-state index contributed by atoms with van der Waals surface area (Å²) < 4.78 is 5.70. The van der Waals surface area contributed by atoms with Gasteiger partial charge in [-0.15, -0.1) is 6.58 Å². The van der Waals surface area contributed by atoms with Crippen molar-refractivity contribution in [3.63, 3.8) is 0 Å². The molecular formula is C10H16O2. The molecule has 1 heterocycles. The number of carbonyl (C=O) groups is 1. The van der Waals surface area contributed by atoms with Gasteiger partial charge >= 0.3 is 0 Å². The second-order valence-corrected chi connectivity index (χ2v) is 3.71. The van der Waals surface area contributed by atoms with Crippen LogP contribution >= 0.6 is 0 Å². The van der Waals surface area contributed by atoms with Gasteiger partial charge in [-0.3, -0.25) is 0 Å². The molecule has 68 valence electrons. The number of hydrogen-bond acceptors (Lipinski definition) is 2. The minimum Gasteiger partial charge on any atom is -0.367 e. The second kappa shape index (κ2) is 3.40. The number of ether oxygens (including phenoxy) is 1. The van der Waals surface area contributed by atoms with Gasteiger partial charge in [0.15, 0.2) is 0 Å². The quantitative estimate of drug-likeness (QED) is 0.475. The maximum Gasteiger partial charge on any atom is 0.125 e. The maximum absolute atomic E-state index is 10.5. The fourth-order valence-electron chi connectivity index (χ4n) is 1.50. The van der Waals surface area contributed by atoms with E-state index in [0.717, 1.165) is 19.1 Å². The molecule has 0 aromatic rings. The van der Waals surface area contributed by atoms with E-state index < -0.39 is 0 Å². The molecule has 0 amide bonds. The fraction of sp³-hybridized carbons (Fsp3) is 0.700. The van der Waals surface area contributed by atoms with Crippen LogP contribution in [0, 0.1) is 5.92 Å². The van der Waals surface area contributed by atoms with E-state index in [1.807, 2.05) is 19.9 Å². The maximum atomic E-state index is 10.5.